The van der Waals surface area contributed by atoms with E-state index in [0.29, 0.717) is 10.0 Å². The maximum Gasteiger partial charge on any atom is 0.410 e. The Hall–Kier alpha value is -2.80. The van der Waals surface area contributed by atoms with Gasteiger partial charge in [0.1, 0.15) is 5.60 Å². The van der Waals surface area contributed by atoms with Gasteiger partial charge < -0.3 is 9.84 Å². The predicted molar refractivity (Wildman–Crippen MR) is 129 cm³/mol. The first-order valence-electron chi connectivity index (χ1n) is 11.1. The molecule has 0 spiro atoms. The van der Waals surface area contributed by atoms with Crippen LogP contribution in [0, 0.1) is 16.0 Å². The maximum absolute atomic E-state index is 13.7. The van der Waals surface area contributed by atoms with E-state index in [0.717, 1.165) is 12.1 Å². The largest absolute Gasteiger partial charge is 0.444 e. The third-order valence-corrected chi connectivity index (χ3v) is 6.91. The number of nitro benzene ring substituents is 1. The van der Waals surface area contributed by atoms with Gasteiger partial charge in [-0.15, -0.1) is 6.58 Å². The van der Waals surface area contributed by atoms with Gasteiger partial charge in [0.2, 0.25) is 0 Å². The van der Waals surface area contributed by atoms with E-state index < -0.39 is 55.9 Å². The fourth-order valence-corrected chi connectivity index (χ4v) is 5.25. The summed E-state index contributed by atoms with van der Waals surface area (Å²) in [5, 5.41) is 21.5. The lowest BCUT2D eigenvalue weighted by Gasteiger charge is -2.42. The second-order valence-electron chi connectivity index (χ2n) is 9.29. The molecule has 0 saturated heterocycles. The first kappa shape index (κ1) is 28.4. The molecule has 0 aliphatic carbocycles. The predicted octanol–water partition coefficient (Wildman–Crippen LogP) is 3.27. The van der Waals surface area contributed by atoms with E-state index in [-0.39, 0.29) is 19.1 Å². The normalized spacial score (nSPS) is 19.0. The van der Waals surface area contributed by atoms with Crippen LogP contribution in [0.2, 0.25) is 0 Å². The fourth-order valence-electron chi connectivity index (χ4n) is 3.67. The monoisotopic (exact) mass is 511 g/mol. The number of hydrogen-bond acceptors (Lipinski definition) is 8. The van der Waals surface area contributed by atoms with Crippen LogP contribution in [0.15, 0.2) is 53.5 Å². The summed E-state index contributed by atoms with van der Waals surface area (Å²) >= 11 is 0. The van der Waals surface area contributed by atoms with Crippen LogP contribution in [0.25, 0.3) is 0 Å². The number of sulfonamides is 1. The van der Waals surface area contributed by atoms with Gasteiger partial charge in [0.25, 0.3) is 15.7 Å². The molecule has 2 atom stereocenters. The molecule has 1 aliphatic heterocycles. The minimum absolute atomic E-state index is 0.203. The third kappa shape index (κ3) is 6.66. The highest BCUT2D eigenvalue weighted by Gasteiger charge is 2.44. The fraction of sp³-hybridized carbons (Fsp3) is 0.522. The van der Waals surface area contributed by atoms with Crippen molar-refractivity contribution in [3.8, 4) is 0 Å². The Morgan fingerprint density at radius 2 is 2.00 bits per heavy atom. The standard InChI is InChI=1S/C23H33N3O8S/c1-7-12-33-26(35(31,32)21-11-9-8-10-19(21)25(29)30)20-14-24(22(28)34-23(4,5)6)17(15-27)13-18(20)16(2)3/h7-11,13,16-17,20,27H,1,12,14-15H2,2-6H3/t17-,20-/m0/s1. The van der Waals surface area contributed by atoms with Crippen LogP contribution in [-0.4, -0.2) is 71.4 Å². The van der Waals surface area contributed by atoms with Crippen molar-refractivity contribution >= 4 is 21.8 Å². The van der Waals surface area contributed by atoms with E-state index in [4.69, 9.17) is 9.57 Å². The van der Waals surface area contributed by atoms with Gasteiger partial charge in [-0.1, -0.05) is 42.6 Å². The quantitative estimate of drug-likeness (QED) is 0.303. The molecule has 1 amide bonds. The van der Waals surface area contributed by atoms with Crippen LogP contribution >= 0.6 is 0 Å². The zero-order valence-electron chi connectivity index (χ0n) is 20.6. The number of carbonyl (C=O) groups is 1. The highest BCUT2D eigenvalue weighted by Crippen LogP contribution is 2.34. The Balaban J connectivity index is 2.66. The number of benzene rings is 1. The maximum atomic E-state index is 13.7. The minimum Gasteiger partial charge on any atom is -0.444 e. The molecule has 0 saturated carbocycles. The number of amides is 1. The second kappa shape index (κ2) is 11.3. The van der Waals surface area contributed by atoms with Gasteiger partial charge in [0.05, 0.1) is 30.2 Å². The van der Waals surface area contributed by atoms with Gasteiger partial charge in [0.15, 0.2) is 4.90 Å². The lowest BCUT2D eigenvalue weighted by molar-refractivity contribution is -0.388. The summed E-state index contributed by atoms with van der Waals surface area (Å²) in [5.74, 6) is -0.203. The van der Waals surface area contributed by atoms with E-state index in [1.54, 1.807) is 26.8 Å². The molecule has 1 N–H and O–H groups in total. The number of nitro groups is 1. The average molecular weight is 512 g/mol. The molecule has 11 nitrogen and oxygen atoms in total. The molecule has 2 rings (SSSR count). The minimum atomic E-state index is -4.58. The number of hydroxylamine groups is 1. The van der Waals surface area contributed by atoms with Gasteiger partial charge in [-0.05, 0) is 38.3 Å². The van der Waals surface area contributed by atoms with Crippen molar-refractivity contribution in [2.75, 3.05) is 19.8 Å². The lowest BCUT2D eigenvalue weighted by atomic mass is 9.90. The van der Waals surface area contributed by atoms with E-state index in [1.807, 2.05) is 13.8 Å². The summed E-state index contributed by atoms with van der Waals surface area (Å²) in [6.07, 6.45) is 2.21. The SMILES string of the molecule is C=CCON([C@H]1CN(C(=O)OC(C)(C)C)[C@H](CO)C=C1C(C)C)S(=O)(=O)c1ccccc1[N+](=O)[O-]. The number of carbonyl (C=O) groups excluding carboxylic acids is 1. The summed E-state index contributed by atoms with van der Waals surface area (Å²) in [7, 11) is -4.58. The smallest absolute Gasteiger partial charge is 0.410 e. The number of hydrogen-bond donors (Lipinski definition) is 1. The van der Waals surface area contributed by atoms with Gasteiger partial charge in [-0.3, -0.25) is 19.9 Å². The molecule has 0 radical (unpaired) electrons. The first-order valence-corrected chi connectivity index (χ1v) is 12.5. The average Bonchev–Trinajstić information content (AvgIpc) is 2.77. The first-order chi connectivity index (χ1) is 16.2. The molecule has 0 aromatic heterocycles. The summed E-state index contributed by atoms with van der Waals surface area (Å²) in [5.41, 5.74) is -0.859. The Morgan fingerprint density at radius 1 is 1.37 bits per heavy atom. The van der Waals surface area contributed by atoms with Gasteiger partial charge >= 0.3 is 6.09 Å². The van der Waals surface area contributed by atoms with Crippen LogP contribution in [0.5, 0.6) is 0 Å². The van der Waals surface area contributed by atoms with Gasteiger partial charge in [-0.25, -0.2) is 13.2 Å². The van der Waals surface area contributed by atoms with E-state index in [2.05, 4.69) is 6.58 Å². The van der Waals surface area contributed by atoms with Crippen molar-refractivity contribution in [2.24, 2.45) is 5.92 Å². The molecule has 12 heteroatoms. The Labute approximate surface area is 205 Å². The molecule has 35 heavy (non-hydrogen) atoms. The molecule has 0 unspecified atom stereocenters. The van der Waals surface area contributed by atoms with Crippen molar-refractivity contribution in [3.05, 3.63) is 58.7 Å². The number of nitrogens with zero attached hydrogens (tertiary/aromatic N) is 3. The summed E-state index contributed by atoms with van der Waals surface area (Å²) < 4.78 is 33.6. The molecule has 194 valence electrons. The third-order valence-electron chi connectivity index (χ3n) is 5.17. The summed E-state index contributed by atoms with van der Waals surface area (Å²) in [4.78, 5) is 30.0. The molecule has 1 aliphatic rings. The summed E-state index contributed by atoms with van der Waals surface area (Å²) in [6, 6.07) is 3.15. The van der Waals surface area contributed by atoms with Crippen molar-refractivity contribution in [3.63, 3.8) is 0 Å². The van der Waals surface area contributed by atoms with E-state index in [9.17, 15) is 28.4 Å². The van der Waals surface area contributed by atoms with Crippen LogP contribution in [0.3, 0.4) is 0 Å². The molecule has 1 heterocycles. The zero-order valence-corrected chi connectivity index (χ0v) is 21.4. The van der Waals surface area contributed by atoms with Crippen LogP contribution < -0.4 is 0 Å². The number of ether oxygens (including phenoxy) is 1. The summed E-state index contributed by atoms with van der Waals surface area (Å²) in [6.45, 7) is 11.5. The van der Waals surface area contributed by atoms with Crippen molar-refractivity contribution in [2.45, 2.75) is 57.2 Å². The second-order valence-corrected chi connectivity index (χ2v) is 11.0. The molecule has 0 fully saturated rings. The Bertz CT molecular complexity index is 1080. The van der Waals surface area contributed by atoms with E-state index in [1.165, 1.54) is 23.1 Å². The molecule has 1 aromatic rings. The van der Waals surface area contributed by atoms with Crippen LogP contribution in [0.1, 0.15) is 34.6 Å². The Kier molecular flexibility index (Phi) is 9.17. The molecule has 0 bridgehead atoms. The van der Waals surface area contributed by atoms with Gasteiger partial charge in [0, 0.05) is 12.6 Å². The van der Waals surface area contributed by atoms with Crippen molar-refractivity contribution in [1.82, 2.24) is 9.37 Å². The molecule has 1 aromatic carbocycles. The number of para-hydroxylation sites is 1. The number of aliphatic hydroxyl groups is 1. The zero-order chi connectivity index (χ0) is 26.6. The topological polar surface area (TPSA) is 140 Å². The van der Waals surface area contributed by atoms with Gasteiger partial charge in [-0.2, -0.15) is 0 Å². The molecular weight excluding hydrogens is 478 g/mol. The highest BCUT2D eigenvalue weighted by molar-refractivity contribution is 7.89. The Morgan fingerprint density at radius 3 is 2.51 bits per heavy atom. The van der Waals surface area contributed by atoms with Crippen molar-refractivity contribution in [1.29, 1.82) is 0 Å². The van der Waals surface area contributed by atoms with E-state index >= 15 is 0 Å². The van der Waals surface area contributed by atoms with Crippen molar-refractivity contribution < 1.29 is 32.8 Å². The van der Waals surface area contributed by atoms with Crippen LogP contribution in [-0.2, 0) is 19.6 Å². The number of aliphatic hydroxyl groups excluding tert-OH is 1. The van der Waals surface area contributed by atoms with Crippen LogP contribution in [0.4, 0.5) is 10.5 Å². The molecular formula is C23H33N3O8S. The number of rotatable bonds is 9. The highest BCUT2D eigenvalue weighted by atomic mass is 32.2. The lowest BCUT2D eigenvalue weighted by Crippen LogP contribution is -2.57.